The van der Waals surface area contributed by atoms with Crippen molar-refractivity contribution in [3.8, 4) is 0 Å². The van der Waals surface area contributed by atoms with Crippen LogP contribution in [-0.4, -0.2) is 0 Å². The highest BCUT2D eigenvalue weighted by Crippen LogP contribution is 2.38. The van der Waals surface area contributed by atoms with Crippen LogP contribution in [0.15, 0.2) is 48.5 Å². The first-order valence-corrected chi connectivity index (χ1v) is 8.06. The summed E-state index contributed by atoms with van der Waals surface area (Å²) in [6, 6.07) is 12.2. The molecule has 0 bridgehead atoms. The lowest BCUT2D eigenvalue weighted by molar-refractivity contribution is 0.488. The van der Waals surface area contributed by atoms with E-state index in [4.69, 9.17) is 0 Å². The minimum atomic E-state index is -1.26. The third-order valence-electron chi connectivity index (χ3n) is 4.32. The summed E-state index contributed by atoms with van der Waals surface area (Å²) in [5, 5.41) is 0. The van der Waals surface area contributed by atoms with Crippen molar-refractivity contribution < 1.29 is 17.6 Å². The lowest BCUT2D eigenvalue weighted by atomic mass is 10.1. The summed E-state index contributed by atoms with van der Waals surface area (Å²) in [5.41, 5.74) is 1.38. The fraction of sp³-hybridized carbons (Fsp3) is 0.143. The smallest absolute Gasteiger partial charge is 0.183 e. The van der Waals surface area contributed by atoms with Gasteiger partial charge in [-0.25, -0.2) is 17.6 Å². The molecule has 0 radical (unpaired) electrons. The van der Waals surface area contributed by atoms with E-state index in [2.05, 4.69) is 0 Å². The molecule has 3 aromatic carbocycles. The molecule has 0 aliphatic heterocycles. The van der Waals surface area contributed by atoms with Crippen LogP contribution in [0.4, 0.5) is 34.6 Å². The van der Waals surface area contributed by atoms with Crippen molar-refractivity contribution in [2.24, 2.45) is 0 Å². The van der Waals surface area contributed by atoms with E-state index in [-0.39, 0.29) is 11.4 Å². The van der Waals surface area contributed by atoms with E-state index in [9.17, 15) is 17.6 Å². The molecular weight excluding hydrogens is 342 g/mol. The molecule has 0 unspecified atom stereocenters. The molecule has 134 valence electrons. The largest absolute Gasteiger partial charge is 0.307 e. The Morgan fingerprint density at radius 3 is 1.88 bits per heavy atom. The van der Waals surface area contributed by atoms with Gasteiger partial charge < -0.3 is 4.90 Å². The highest BCUT2D eigenvalue weighted by Gasteiger charge is 2.23. The van der Waals surface area contributed by atoms with Crippen LogP contribution in [0.1, 0.15) is 16.7 Å². The van der Waals surface area contributed by atoms with Crippen molar-refractivity contribution in [3.05, 3.63) is 88.5 Å². The Morgan fingerprint density at radius 1 is 0.654 bits per heavy atom. The molecule has 0 fully saturated rings. The lowest BCUT2D eigenvalue weighted by Crippen LogP contribution is -2.14. The molecule has 0 aliphatic carbocycles. The number of nitrogens with zero attached hydrogens (tertiary/aromatic N) is 1. The highest BCUT2D eigenvalue weighted by molar-refractivity contribution is 5.77. The summed E-state index contributed by atoms with van der Waals surface area (Å²) in [6.45, 7) is 4.64. The monoisotopic (exact) mass is 359 g/mol. The van der Waals surface area contributed by atoms with Crippen molar-refractivity contribution in [1.82, 2.24) is 0 Å². The Morgan fingerprint density at radius 2 is 1.27 bits per heavy atom. The second-order valence-electron chi connectivity index (χ2n) is 6.23. The van der Waals surface area contributed by atoms with Gasteiger partial charge in [0, 0.05) is 23.0 Å². The van der Waals surface area contributed by atoms with E-state index in [0.29, 0.717) is 11.3 Å². The Hall–Kier alpha value is -2.82. The molecule has 0 N–H and O–H groups in total. The summed E-state index contributed by atoms with van der Waals surface area (Å²) < 4.78 is 57.0. The average molecular weight is 359 g/mol. The Labute approximate surface area is 149 Å². The van der Waals surface area contributed by atoms with E-state index in [0.717, 1.165) is 11.6 Å². The van der Waals surface area contributed by atoms with Crippen molar-refractivity contribution in [2.75, 3.05) is 4.90 Å². The van der Waals surface area contributed by atoms with Crippen LogP contribution in [0.2, 0.25) is 0 Å². The summed E-state index contributed by atoms with van der Waals surface area (Å²) in [5.74, 6) is -3.81. The highest BCUT2D eigenvalue weighted by atomic mass is 19.2. The first kappa shape index (κ1) is 18.0. The second kappa shape index (κ2) is 6.83. The van der Waals surface area contributed by atoms with Gasteiger partial charge >= 0.3 is 0 Å². The van der Waals surface area contributed by atoms with Gasteiger partial charge in [-0.2, -0.15) is 0 Å². The maximum absolute atomic E-state index is 14.6. The van der Waals surface area contributed by atoms with Crippen LogP contribution in [0.5, 0.6) is 0 Å². The number of hydrogen-bond acceptors (Lipinski definition) is 1. The zero-order valence-electron chi connectivity index (χ0n) is 14.6. The average Bonchev–Trinajstić information content (AvgIpc) is 2.62. The standard InChI is InChI=1S/C21H17F4N/c1-12-4-7-15(8-5-12)26(16-9-6-13(2)17(22)10-16)19-11-18(23)14(3)20(24)21(19)25/h4-11H,1-3H3. The minimum absolute atomic E-state index is 0.263. The zero-order chi connectivity index (χ0) is 19.0. The minimum Gasteiger partial charge on any atom is -0.307 e. The molecular formula is C21H17F4N. The normalized spacial score (nSPS) is 10.9. The molecule has 0 aromatic heterocycles. The molecule has 0 spiro atoms. The van der Waals surface area contributed by atoms with Gasteiger partial charge in [0.2, 0.25) is 0 Å². The van der Waals surface area contributed by atoms with Gasteiger partial charge in [-0.05, 0) is 50.6 Å². The predicted octanol–water partition coefficient (Wildman–Crippen LogP) is 6.64. The number of halogens is 4. The van der Waals surface area contributed by atoms with Crippen LogP contribution in [0.25, 0.3) is 0 Å². The van der Waals surface area contributed by atoms with Gasteiger partial charge in [-0.15, -0.1) is 0 Å². The summed E-state index contributed by atoms with van der Waals surface area (Å²) in [6.07, 6.45) is 0. The van der Waals surface area contributed by atoms with E-state index in [1.807, 2.05) is 6.92 Å². The number of benzene rings is 3. The van der Waals surface area contributed by atoms with E-state index >= 15 is 0 Å². The Balaban J connectivity index is 2.28. The molecule has 1 nitrogen and oxygen atoms in total. The van der Waals surface area contributed by atoms with Crippen LogP contribution >= 0.6 is 0 Å². The van der Waals surface area contributed by atoms with Gasteiger partial charge in [0.25, 0.3) is 0 Å². The number of anilines is 3. The van der Waals surface area contributed by atoms with Gasteiger partial charge in [0.1, 0.15) is 11.6 Å². The van der Waals surface area contributed by atoms with Gasteiger partial charge in [-0.1, -0.05) is 23.8 Å². The molecule has 0 amide bonds. The van der Waals surface area contributed by atoms with Gasteiger partial charge in [0.15, 0.2) is 11.6 Å². The third-order valence-corrected chi connectivity index (χ3v) is 4.32. The second-order valence-corrected chi connectivity index (χ2v) is 6.23. The maximum Gasteiger partial charge on any atom is 0.183 e. The van der Waals surface area contributed by atoms with E-state index in [1.165, 1.54) is 24.0 Å². The number of aryl methyl sites for hydroxylation is 2. The molecule has 0 saturated carbocycles. The van der Waals surface area contributed by atoms with Crippen molar-refractivity contribution in [2.45, 2.75) is 20.8 Å². The fourth-order valence-corrected chi connectivity index (χ4v) is 2.68. The van der Waals surface area contributed by atoms with Crippen LogP contribution in [-0.2, 0) is 0 Å². The molecule has 0 saturated heterocycles. The SMILES string of the molecule is Cc1ccc(N(c2ccc(C)c(F)c2)c2cc(F)c(C)c(F)c2F)cc1. The quantitative estimate of drug-likeness (QED) is 0.374. The molecule has 3 aromatic rings. The van der Waals surface area contributed by atoms with Crippen LogP contribution < -0.4 is 4.90 Å². The Bertz CT molecular complexity index is 965. The Kier molecular flexibility index (Phi) is 4.72. The van der Waals surface area contributed by atoms with Crippen molar-refractivity contribution in [3.63, 3.8) is 0 Å². The molecule has 0 heterocycles. The topological polar surface area (TPSA) is 3.24 Å². The summed E-state index contributed by atoms with van der Waals surface area (Å²) >= 11 is 0. The summed E-state index contributed by atoms with van der Waals surface area (Å²) in [4.78, 5) is 1.29. The van der Waals surface area contributed by atoms with Crippen molar-refractivity contribution >= 4 is 17.1 Å². The molecule has 26 heavy (non-hydrogen) atoms. The summed E-state index contributed by atoms with van der Waals surface area (Å²) in [7, 11) is 0. The predicted molar refractivity (Wildman–Crippen MR) is 95.2 cm³/mol. The first-order chi connectivity index (χ1) is 12.3. The van der Waals surface area contributed by atoms with Gasteiger partial charge in [-0.3, -0.25) is 0 Å². The molecule has 5 heteroatoms. The van der Waals surface area contributed by atoms with E-state index in [1.54, 1.807) is 37.3 Å². The number of hydrogen-bond donors (Lipinski definition) is 0. The van der Waals surface area contributed by atoms with E-state index < -0.39 is 28.8 Å². The fourth-order valence-electron chi connectivity index (χ4n) is 2.68. The number of rotatable bonds is 3. The maximum atomic E-state index is 14.6. The van der Waals surface area contributed by atoms with Crippen molar-refractivity contribution in [1.29, 1.82) is 0 Å². The zero-order valence-corrected chi connectivity index (χ0v) is 14.6. The molecule has 0 atom stereocenters. The first-order valence-electron chi connectivity index (χ1n) is 8.06. The third kappa shape index (κ3) is 3.17. The van der Waals surface area contributed by atoms with Crippen LogP contribution in [0, 0.1) is 44.0 Å². The molecule has 3 rings (SSSR count). The lowest BCUT2D eigenvalue weighted by Gasteiger charge is -2.26. The van der Waals surface area contributed by atoms with Crippen LogP contribution in [0.3, 0.4) is 0 Å². The molecule has 0 aliphatic rings. The van der Waals surface area contributed by atoms with Gasteiger partial charge in [0.05, 0.1) is 5.69 Å².